The van der Waals surface area contributed by atoms with Gasteiger partial charge in [-0.15, -0.1) is 0 Å². The molecule has 3 heterocycles. The highest BCUT2D eigenvalue weighted by molar-refractivity contribution is 5.98. The molecule has 126 valence electrons. The van der Waals surface area contributed by atoms with Crippen LogP contribution in [0.5, 0.6) is 0 Å². The lowest BCUT2D eigenvalue weighted by molar-refractivity contribution is -0.162. The Morgan fingerprint density at radius 1 is 1.04 bits per heavy atom. The van der Waals surface area contributed by atoms with Crippen molar-refractivity contribution in [3.05, 3.63) is 0 Å². The second kappa shape index (κ2) is 6.29. The summed E-state index contributed by atoms with van der Waals surface area (Å²) in [6.07, 6.45) is 3.57. The van der Waals surface area contributed by atoms with Gasteiger partial charge in [0.25, 0.3) is 0 Å². The Balaban J connectivity index is 1.69. The second-order valence-electron chi connectivity index (χ2n) is 6.68. The monoisotopic (exact) mass is 321 g/mol. The maximum atomic E-state index is 12.8. The zero-order valence-electron chi connectivity index (χ0n) is 13.4. The Bertz CT molecular complexity index is 547. The lowest BCUT2D eigenvalue weighted by atomic mass is 9.94. The first-order chi connectivity index (χ1) is 11.0. The van der Waals surface area contributed by atoms with Crippen molar-refractivity contribution in [1.82, 2.24) is 15.1 Å². The van der Waals surface area contributed by atoms with Crippen molar-refractivity contribution in [1.29, 1.82) is 0 Å². The molecule has 0 spiro atoms. The van der Waals surface area contributed by atoms with Crippen molar-refractivity contribution >= 4 is 23.5 Å². The van der Waals surface area contributed by atoms with Crippen LogP contribution in [0.3, 0.4) is 0 Å². The standard InChI is InChI=1S/C16H23N3O4/c1-10(20)5-6-13(21)17-11-7-9-19-14(11)16(23)18-8-3-2-4-12(18)15(19)22/h11-12,14H,2-9H2,1H3,(H,17,21). The summed E-state index contributed by atoms with van der Waals surface area (Å²) in [5.74, 6) is -0.278. The van der Waals surface area contributed by atoms with Crippen LogP contribution >= 0.6 is 0 Å². The predicted octanol–water partition coefficient (Wildman–Crippen LogP) is -0.164. The third kappa shape index (κ3) is 2.96. The number of fused-ring (bicyclic) bond motifs is 2. The van der Waals surface area contributed by atoms with E-state index >= 15 is 0 Å². The van der Waals surface area contributed by atoms with Crippen molar-refractivity contribution in [2.75, 3.05) is 13.1 Å². The van der Waals surface area contributed by atoms with Gasteiger partial charge in [0.1, 0.15) is 17.9 Å². The van der Waals surface area contributed by atoms with E-state index in [1.54, 1.807) is 9.80 Å². The summed E-state index contributed by atoms with van der Waals surface area (Å²) in [5, 5.41) is 2.85. The van der Waals surface area contributed by atoms with Crippen LogP contribution in [0.25, 0.3) is 0 Å². The quantitative estimate of drug-likeness (QED) is 0.779. The molecule has 3 unspecified atom stereocenters. The molecule has 0 aliphatic carbocycles. The Kier molecular flexibility index (Phi) is 4.37. The van der Waals surface area contributed by atoms with E-state index in [0.717, 1.165) is 19.3 Å². The number of Topliss-reactive ketones (excluding diaryl/α,β-unsaturated/α-hetero) is 1. The number of carbonyl (C=O) groups excluding carboxylic acids is 4. The molecule has 3 aliphatic rings. The Hall–Kier alpha value is -1.92. The van der Waals surface area contributed by atoms with Crippen molar-refractivity contribution < 1.29 is 19.2 Å². The summed E-state index contributed by atoms with van der Waals surface area (Å²) in [6, 6.07) is -1.22. The van der Waals surface area contributed by atoms with Gasteiger partial charge in [0.15, 0.2) is 0 Å². The number of amides is 3. The normalized spacial score (nSPS) is 30.0. The molecule has 23 heavy (non-hydrogen) atoms. The zero-order chi connectivity index (χ0) is 16.6. The van der Waals surface area contributed by atoms with Crippen LogP contribution in [0.1, 0.15) is 45.4 Å². The summed E-state index contributed by atoms with van der Waals surface area (Å²) >= 11 is 0. The van der Waals surface area contributed by atoms with Gasteiger partial charge in [-0.2, -0.15) is 0 Å². The van der Waals surface area contributed by atoms with Crippen molar-refractivity contribution in [2.45, 2.75) is 63.6 Å². The summed E-state index contributed by atoms with van der Waals surface area (Å²) in [7, 11) is 0. The molecule has 3 rings (SSSR count). The highest BCUT2D eigenvalue weighted by Crippen LogP contribution is 2.31. The first-order valence-electron chi connectivity index (χ1n) is 8.39. The van der Waals surface area contributed by atoms with Crippen molar-refractivity contribution in [2.24, 2.45) is 0 Å². The zero-order valence-corrected chi connectivity index (χ0v) is 13.4. The Morgan fingerprint density at radius 3 is 2.57 bits per heavy atom. The maximum absolute atomic E-state index is 12.8. The number of piperazine rings is 1. The number of carbonyl (C=O) groups is 4. The third-order valence-electron chi connectivity index (χ3n) is 5.06. The molecule has 0 radical (unpaired) electrons. The lowest BCUT2D eigenvalue weighted by Crippen LogP contribution is -2.67. The number of nitrogens with one attached hydrogen (secondary N) is 1. The molecule has 3 aliphatic heterocycles. The van der Waals surface area contributed by atoms with Crippen LogP contribution in [0.2, 0.25) is 0 Å². The molecule has 0 aromatic carbocycles. The fourth-order valence-electron chi connectivity index (χ4n) is 3.88. The minimum atomic E-state index is -0.571. The molecule has 0 saturated carbocycles. The molecule has 3 atom stereocenters. The van der Waals surface area contributed by atoms with Crippen LogP contribution in [0.4, 0.5) is 0 Å². The molecule has 1 N–H and O–H groups in total. The largest absolute Gasteiger partial charge is 0.351 e. The second-order valence-corrected chi connectivity index (χ2v) is 6.68. The molecule has 3 fully saturated rings. The van der Waals surface area contributed by atoms with Crippen LogP contribution in [0, 0.1) is 0 Å². The van der Waals surface area contributed by atoms with Gasteiger partial charge in [-0.05, 0) is 32.6 Å². The van der Waals surface area contributed by atoms with Gasteiger partial charge in [-0.1, -0.05) is 0 Å². The lowest BCUT2D eigenvalue weighted by Gasteiger charge is -2.45. The number of ketones is 1. The van der Waals surface area contributed by atoms with E-state index in [1.165, 1.54) is 6.92 Å². The third-order valence-corrected chi connectivity index (χ3v) is 5.06. The number of rotatable bonds is 4. The van der Waals surface area contributed by atoms with E-state index in [0.29, 0.717) is 19.5 Å². The van der Waals surface area contributed by atoms with Gasteiger partial charge < -0.3 is 19.9 Å². The van der Waals surface area contributed by atoms with Gasteiger partial charge in [-0.3, -0.25) is 14.4 Å². The van der Waals surface area contributed by atoms with E-state index in [4.69, 9.17) is 0 Å². The van der Waals surface area contributed by atoms with Gasteiger partial charge in [0.05, 0.1) is 6.04 Å². The van der Waals surface area contributed by atoms with Crippen LogP contribution in [-0.4, -0.2) is 64.5 Å². The van der Waals surface area contributed by atoms with Crippen molar-refractivity contribution in [3.8, 4) is 0 Å². The van der Waals surface area contributed by atoms with E-state index in [-0.39, 0.29) is 48.4 Å². The summed E-state index contributed by atoms with van der Waals surface area (Å²) in [5.41, 5.74) is 0. The predicted molar refractivity (Wildman–Crippen MR) is 81.3 cm³/mol. The Morgan fingerprint density at radius 2 is 1.83 bits per heavy atom. The molecule has 0 aromatic heterocycles. The molecule has 7 nitrogen and oxygen atoms in total. The van der Waals surface area contributed by atoms with E-state index in [2.05, 4.69) is 5.32 Å². The molecule has 7 heteroatoms. The molecular formula is C16H23N3O4. The number of piperidine rings is 1. The van der Waals surface area contributed by atoms with Gasteiger partial charge in [-0.25, -0.2) is 0 Å². The van der Waals surface area contributed by atoms with Gasteiger partial charge >= 0.3 is 0 Å². The van der Waals surface area contributed by atoms with Gasteiger partial charge in [0.2, 0.25) is 17.7 Å². The molecule has 0 bridgehead atoms. The smallest absolute Gasteiger partial charge is 0.248 e. The van der Waals surface area contributed by atoms with Crippen LogP contribution in [0.15, 0.2) is 0 Å². The SMILES string of the molecule is CC(=O)CCC(=O)NC1CCN2C(=O)C3CCCCN3C(=O)C12. The van der Waals surface area contributed by atoms with Crippen molar-refractivity contribution in [3.63, 3.8) is 0 Å². The minimum absolute atomic E-state index is 0.0229. The Labute approximate surface area is 135 Å². The minimum Gasteiger partial charge on any atom is -0.351 e. The van der Waals surface area contributed by atoms with Crippen LogP contribution < -0.4 is 5.32 Å². The van der Waals surface area contributed by atoms with E-state index in [9.17, 15) is 19.2 Å². The summed E-state index contributed by atoms with van der Waals surface area (Å²) in [4.78, 5) is 51.7. The van der Waals surface area contributed by atoms with E-state index in [1.807, 2.05) is 0 Å². The number of nitrogens with zero attached hydrogens (tertiary/aromatic N) is 2. The first kappa shape index (κ1) is 16.0. The van der Waals surface area contributed by atoms with Gasteiger partial charge in [0, 0.05) is 25.9 Å². The maximum Gasteiger partial charge on any atom is 0.248 e. The fraction of sp³-hybridized carbons (Fsp3) is 0.750. The molecule has 3 saturated heterocycles. The highest BCUT2D eigenvalue weighted by Gasteiger charge is 2.52. The molecule has 3 amide bonds. The molecule has 0 aromatic rings. The summed E-state index contributed by atoms with van der Waals surface area (Å²) in [6.45, 7) is 2.59. The molecular weight excluding hydrogens is 298 g/mol. The summed E-state index contributed by atoms with van der Waals surface area (Å²) < 4.78 is 0. The highest BCUT2D eigenvalue weighted by atomic mass is 16.2. The average Bonchev–Trinajstić information content (AvgIpc) is 2.95. The van der Waals surface area contributed by atoms with E-state index < -0.39 is 6.04 Å². The number of hydrogen-bond acceptors (Lipinski definition) is 4. The first-order valence-corrected chi connectivity index (χ1v) is 8.39. The number of hydrogen-bond donors (Lipinski definition) is 1. The van der Waals surface area contributed by atoms with Crippen LogP contribution in [-0.2, 0) is 19.2 Å². The average molecular weight is 321 g/mol. The fourth-order valence-corrected chi connectivity index (χ4v) is 3.88. The topological polar surface area (TPSA) is 86.8 Å².